The molecule has 0 radical (unpaired) electrons. The van der Waals surface area contributed by atoms with Gasteiger partial charge < -0.3 is 15.6 Å². The highest BCUT2D eigenvalue weighted by molar-refractivity contribution is 6.31. The summed E-state index contributed by atoms with van der Waals surface area (Å²) in [6, 6.07) is 12.7. The summed E-state index contributed by atoms with van der Waals surface area (Å²) >= 11 is 6.02. The first-order chi connectivity index (χ1) is 12.9. The molecule has 134 valence electrons. The van der Waals surface area contributed by atoms with Crippen molar-refractivity contribution in [2.45, 2.75) is 6.92 Å². The van der Waals surface area contributed by atoms with Gasteiger partial charge in [-0.15, -0.1) is 0 Å². The zero-order chi connectivity index (χ0) is 19.3. The van der Waals surface area contributed by atoms with Gasteiger partial charge in [0.05, 0.1) is 16.8 Å². The van der Waals surface area contributed by atoms with E-state index in [9.17, 15) is 14.7 Å². The maximum absolute atomic E-state index is 12.9. The summed E-state index contributed by atoms with van der Waals surface area (Å²) in [7, 11) is 0. The standard InChI is InChI=1S/C21H14ClNO4/c1-10-8-11(6-7-14(10)22)27-16-9-15(24)17-18(19(16)23)21(26)13-5-3-2-4-12(13)20(17)25/h2-9,24H,23H2,1H3. The molecule has 1 aliphatic rings. The highest BCUT2D eigenvalue weighted by Crippen LogP contribution is 2.42. The quantitative estimate of drug-likeness (QED) is 0.395. The summed E-state index contributed by atoms with van der Waals surface area (Å²) in [6.07, 6.45) is 0. The van der Waals surface area contributed by atoms with Gasteiger partial charge in [-0.3, -0.25) is 9.59 Å². The number of hydrogen-bond acceptors (Lipinski definition) is 5. The van der Waals surface area contributed by atoms with Crippen molar-refractivity contribution in [3.63, 3.8) is 0 Å². The van der Waals surface area contributed by atoms with Gasteiger partial charge in [0.25, 0.3) is 0 Å². The van der Waals surface area contributed by atoms with Crippen LogP contribution in [0.25, 0.3) is 0 Å². The van der Waals surface area contributed by atoms with E-state index >= 15 is 0 Å². The van der Waals surface area contributed by atoms with E-state index in [0.29, 0.717) is 10.8 Å². The van der Waals surface area contributed by atoms with Crippen molar-refractivity contribution in [3.8, 4) is 17.2 Å². The fourth-order valence-corrected chi connectivity index (χ4v) is 3.28. The number of ketones is 2. The third-order valence-electron chi connectivity index (χ3n) is 4.54. The van der Waals surface area contributed by atoms with Gasteiger partial charge >= 0.3 is 0 Å². The minimum atomic E-state index is -0.446. The molecule has 6 heteroatoms. The number of carbonyl (C=O) groups excluding carboxylic acids is 2. The maximum Gasteiger partial charge on any atom is 0.198 e. The molecule has 0 saturated carbocycles. The first-order valence-electron chi connectivity index (χ1n) is 8.16. The number of aromatic hydroxyl groups is 1. The van der Waals surface area contributed by atoms with Crippen molar-refractivity contribution in [3.05, 3.63) is 81.4 Å². The zero-order valence-corrected chi connectivity index (χ0v) is 15.0. The normalized spacial score (nSPS) is 12.5. The van der Waals surface area contributed by atoms with Crippen molar-refractivity contribution in [1.29, 1.82) is 0 Å². The highest BCUT2D eigenvalue weighted by atomic mass is 35.5. The van der Waals surface area contributed by atoms with E-state index in [2.05, 4.69) is 0 Å². The predicted molar refractivity (Wildman–Crippen MR) is 102 cm³/mol. The number of fused-ring (bicyclic) bond motifs is 2. The Hall–Kier alpha value is -3.31. The summed E-state index contributed by atoms with van der Waals surface area (Å²) in [4.78, 5) is 25.7. The van der Waals surface area contributed by atoms with E-state index in [1.807, 2.05) is 6.92 Å². The number of anilines is 1. The van der Waals surface area contributed by atoms with Gasteiger partial charge in [0.1, 0.15) is 11.5 Å². The third-order valence-corrected chi connectivity index (χ3v) is 4.96. The summed E-state index contributed by atoms with van der Waals surface area (Å²) in [5.41, 5.74) is 7.32. The lowest BCUT2D eigenvalue weighted by atomic mass is 9.82. The number of rotatable bonds is 2. The molecular formula is C21H14ClNO4. The molecule has 3 aromatic rings. The molecule has 0 aliphatic heterocycles. The largest absolute Gasteiger partial charge is 0.507 e. The van der Waals surface area contributed by atoms with Crippen LogP contribution in [0, 0.1) is 6.92 Å². The second-order valence-corrected chi connectivity index (χ2v) is 6.68. The number of nitrogens with two attached hydrogens (primary N) is 1. The number of phenolic OH excluding ortho intramolecular Hbond substituents is 1. The molecule has 27 heavy (non-hydrogen) atoms. The Morgan fingerprint density at radius 1 is 0.963 bits per heavy atom. The van der Waals surface area contributed by atoms with Crippen LogP contribution in [0.3, 0.4) is 0 Å². The number of phenols is 1. The number of ether oxygens (including phenoxy) is 1. The van der Waals surface area contributed by atoms with Gasteiger partial charge in [-0.2, -0.15) is 0 Å². The average molecular weight is 380 g/mol. The van der Waals surface area contributed by atoms with Crippen LogP contribution < -0.4 is 10.5 Å². The van der Waals surface area contributed by atoms with Crippen LogP contribution in [0.15, 0.2) is 48.5 Å². The van der Waals surface area contributed by atoms with E-state index < -0.39 is 11.6 Å². The molecular weight excluding hydrogens is 366 g/mol. The van der Waals surface area contributed by atoms with Gasteiger partial charge in [0.15, 0.2) is 17.3 Å². The van der Waals surface area contributed by atoms with Crippen molar-refractivity contribution >= 4 is 28.9 Å². The maximum atomic E-state index is 12.9. The molecule has 1 aliphatic carbocycles. The van der Waals surface area contributed by atoms with Crippen molar-refractivity contribution < 1.29 is 19.4 Å². The smallest absolute Gasteiger partial charge is 0.198 e. The Bertz CT molecular complexity index is 1140. The predicted octanol–water partition coefficient (Wildman–Crippen LogP) is 4.50. The Morgan fingerprint density at radius 2 is 1.59 bits per heavy atom. The molecule has 0 unspecified atom stereocenters. The van der Waals surface area contributed by atoms with Gasteiger partial charge in [0.2, 0.25) is 0 Å². The lowest BCUT2D eigenvalue weighted by molar-refractivity contribution is 0.0977. The second-order valence-electron chi connectivity index (χ2n) is 6.27. The topological polar surface area (TPSA) is 89.6 Å². The van der Waals surface area contributed by atoms with Crippen LogP contribution in [0.1, 0.15) is 37.4 Å². The summed E-state index contributed by atoms with van der Waals surface area (Å²) in [5, 5.41) is 11.0. The minimum absolute atomic E-state index is 0.00301. The van der Waals surface area contributed by atoms with Crippen LogP contribution >= 0.6 is 11.6 Å². The minimum Gasteiger partial charge on any atom is -0.507 e. The Morgan fingerprint density at radius 3 is 2.22 bits per heavy atom. The van der Waals surface area contributed by atoms with Gasteiger partial charge in [0, 0.05) is 22.2 Å². The van der Waals surface area contributed by atoms with E-state index in [-0.39, 0.29) is 39.4 Å². The van der Waals surface area contributed by atoms with E-state index in [1.54, 1.807) is 42.5 Å². The van der Waals surface area contributed by atoms with Gasteiger partial charge in [-0.25, -0.2) is 0 Å². The van der Waals surface area contributed by atoms with Gasteiger partial charge in [-0.05, 0) is 30.7 Å². The number of halogens is 1. The molecule has 0 fully saturated rings. The van der Waals surface area contributed by atoms with Crippen molar-refractivity contribution in [1.82, 2.24) is 0 Å². The number of benzene rings is 3. The average Bonchev–Trinajstić information content (AvgIpc) is 2.65. The first-order valence-corrected chi connectivity index (χ1v) is 8.54. The lowest BCUT2D eigenvalue weighted by Crippen LogP contribution is -2.22. The van der Waals surface area contributed by atoms with Crippen molar-refractivity contribution in [2.24, 2.45) is 0 Å². The molecule has 3 aromatic carbocycles. The molecule has 0 amide bonds. The molecule has 0 bridgehead atoms. The van der Waals surface area contributed by atoms with Crippen LogP contribution in [-0.4, -0.2) is 16.7 Å². The molecule has 4 rings (SSSR count). The fraction of sp³-hybridized carbons (Fsp3) is 0.0476. The molecule has 3 N–H and O–H groups in total. The van der Waals surface area contributed by atoms with E-state index in [0.717, 1.165) is 5.56 Å². The summed E-state index contributed by atoms with van der Waals surface area (Å²) in [5.74, 6) is -0.691. The Kier molecular flexibility index (Phi) is 3.89. The monoisotopic (exact) mass is 379 g/mol. The van der Waals surface area contributed by atoms with E-state index in [1.165, 1.54) is 6.07 Å². The molecule has 0 aromatic heterocycles. The Labute approximate surface area is 160 Å². The third kappa shape index (κ3) is 2.64. The number of hydrogen-bond donors (Lipinski definition) is 2. The summed E-state index contributed by atoms with van der Waals surface area (Å²) in [6.45, 7) is 1.82. The van der Waals surface area contributed by atoms with Crippen LogP contribution in [-0.2, 0) is 0 Å². The number of carbonyl (C=O) groups is 2. The fourth-order valence-electron chi connectivity index (χ4n) is 3.17. The lowest BCUT2D eigenvalue weighted by Gasteiger charge is -2.21. The van der Waals surface area contributed by atoms with Crippen molar-refractivity contribution in [2.75, 3.05) is 5.73 Å². The highest BCUT2D eigenvalue weighted by Gasteiger charge is 2.35. The first kappa shape index (κ1) is 17.1. The molecule has 0 heterocycles. The van der Waals surface area contributed by atoms with Crippen LogP contribution in [0.5, 0.6) is 17.2 Å². The van der Waals surface area contributed by atoms with Crippen LogP contribution in [0.4, 0.5) is 5.69 Å². The summed E-state index contributed by atoms with van der Waals surface area (Å²) < 4.78 is 5.76. The number of aryl methyl sites for hydroxylation is 1. The SMILES string of the molecule is Cc1cc(Oc2cc(O)c3c(c2N)C(=O)c2ccccc2C3=O)ccc1Cl. The molecule has 0 saturated heterocycles. The van der Waals surface area contributed by atoms with Gasteiger partial charge in [-0.1, -0.05) is 35.9 Å². The number of nitrogen functional groups attached to an aromatic ring is 1. The molecule has 0 atom stereocenters. The Balaban J connectivity index is 1.86. The molecule has 0 spiro atoms. The second kappa shape index (κ2) is 6.14. The van der Waals surface area contributed by atoms with Crippen LogP contribution in [0.2, 0.25) is 5.02 Å². The van der Waals surface area contributed by atoms with E-state index in [4.69, 9.17) is 22.1 Å². The zero-order valence-electron chi connectivity index (χ0n) is 14.2. The molecule has 5 nitrogen and oxygen atoms in total.